The summed E-state index contributed by atoms with van der Waals surface area (Å²) in [5.41, 5.74) is 5.69. The van der Waals surface area contributed by atoms with Crippen LogP contribution >= 0.6 is 0 Å². The third-order valence-electron chi connectivity index (χ3n) is 5.07. The maximum atomic E-state index is 12.3. The second-order valence-corrected chi connectivity index (χ2v) is 6.84. The lowest BCUT2D eigenvalue weighted by Crippen LogP contribution is -2.36. The summed E-state index contributed by atoms with van der Waals surface area (Å²) in [5, 5.41) is 12.0. The van der Waals surface area contributed by atoms with E-state index in [9.17, 15) is 10.1 Å². The van der Waals surface area contributed by atoms with Crippen LogP contribution in [0.3, 0.4) is 0 Å². The highest BCUT2D eigenvalue weighted by Gasteiger charge is 2.29. The van der Waals surface area contributed by atoms with Gasteiger partial charge >= 0.3 is 6.09 Å². The van der Waals surface area contributed by atoms with E-state index in [2.05, 4.69) is 35.7 Å². The number of amides is 1. The van der Waals surface area contributed by atoms with Crippen LogP contribution in [0, 0.1) is 11.3 Å². The average Bonchev–Trinajstić information content (AvgIpc) is 3.06. The number of hydrogen-bond acceptors (Lipinski definition) is 3. The Bertz CT molecular complexity index is 979. The van der Waals surface area contributed by atoms with Crippen molar-refractivity contribution < 1.29 is 9.53 Å². The highest BCUT2D eigenvalue weighted by atomic mass is 16.5. The zero-order valence-electron chi connectivity index (χ0n) is 15.3. The number of ether oxygens (including phenoxy) is 1. The average molecular weight is 368 g/mol. The van der Waals surface area contributed by atoms with Crippen molar-refractivity contribution in [2.75, 3.05) is 6.61 Å². The lowest BCUT2D eigenvalue weighted by molar-refractivity contribution is 0.141. The summed E-state index contributed by atoms with van der Waals surface area (Å²) in [6.07, 6.45) is -0.119. The van der Waals surface area contributed by atoms with Crippen LogP contribution in [0.4, 0.5) is 4.79 Å². The first-order valence-electron chi connectivity index (χ1n) is 9.31. The van der Waals surface area contributed by atoms with E-state index in [1.54, 1.807) is 0 Å². The molecule has 0 radical (unpaired) electrons. The molecule has 1 aliphatic rings. The molecule has 28 heavy (non-hydrogen) atoms. The number of nitrogens with one attached hydrogen (secondary N) is 1. The highest BCUT2D eigenvalue weighted by molar-refractivity contribution is 5.79. The molecule has 0 spiro atoms. The summed E-state index contributed by atoms with van der Waals surface area (Å²) in [4.78, 5) is 12.3. The zero-order valence-corrected chi connectivity index (χ0v) is 15.3. The number of benzene rings is 3. The van der Waals surface area contributed by atoms with Gasteiger partial charge < -0.3 is 10.1 Å². The van der Waals surface area contributed by atoms with E-state index < -0.39 is 12.1 Å². The number of rotatable bonds is 5. The van der Waals surface area contributed by atoms with E-state index in [-0.39, 0.29) is 12.5 Å². The second-order valence-electron chi connectivity index (χ2n) is 6.84. The van der Waals surface area contributed by atoms with Gasteiger partial charge in [-0.05, 0) is 27.8 Å². The Morgan fingerprint density at radius 1 is 0.929 bits per heavy atom. The van der Waals surface area contributed by atoms with Crippen LogP contribution in [-0.4, -0.2) is 18.7 Å². The van der Waals surface area contributed by atoms with Gasteiger partial charge in [-0.1, -0.05) is 78.9 Å². The molecule has 138 valence electrons. The van der Waals surface area contributed by atoms with Gasteiger partial charge in [-0.2, -0.15) is 5.26 Å². The third kappa shape index (κ3) is 3.60. The van der Waals surface area contributed by atoms with Crippen molar-refractivity contribution in [2.45, 2.75) is 18.4 Å². The Morgan fingerprint density at radius 3 is 2.11 bits per heavy atom. The number of fused-ring (bicyclic) bond motifs is 3. The van der Waals surface area contributed by atoms with E-state index in [0.717, 1.165) is 16.7 Å². The van der Waals surface area contributed by atoms with E-state index in [1.807, 2.05) is 54.6 Å². The van der Waals surface area contributed by atoms with Gasteiger partial charge in [0, 0.05) is 12.3 Å². The highest BCUT2D eigenvalue weighted by Crippen LogP contribution is 2.44. The summed E-state index contributed by atoms with van der Waals surface area (Å²) in [6.45, 7) is 0.239. The number of carbonyl (C=O) groups excluding carboxylic acids is 1. The quantitative estimate of drug-likeness (QED) is 0.712. The van der Waals surface area contributed by atoms with Crippen molar-refractivity contribution in [3.05, 3.63) is 95.6 Å². The number of hydrogen-bond donors (Lipinski definition) is 1. The Balaban J connectivity index is 1.42. The van der Waals surface area contributed by atoms with Crippen LogP contribution in [0.5, 0.6) is 0 Å². The minimum atomic E-state index is -0.627. The van der Waals surface area contributed by atoms with Crippen molar-refractivity contribution >= 4 is 6.09 Å². The first-order valence-corrected chi connectivity index (χ1v) is 9.31. The summed E-state index contributed by atoms with van der Waals surface area (Å²) >= 11 is 0. The van der Waals surface area contributed by atoms with Crippen molar-refractivity contribution in [3.8, 4) is 17.2 Å². The SMILES string of the molecule is N#C[C@H](Cc1ccccc1)NC(=O)OCC1c2ccccc2-c2ccccc21. The molecule has 4 heteroatoms. The molecule has 4 rings (SSSR count). The molecule has 3 aromatic rings. The molecule has 0 unspecified atom stereocenters. The summed E-state index contributed by atoms with van der Waals surface area (Å²) in [7, 11) is 0. The molecule has 0 fully saturated rings. The maximum absolute atomic E-state index is 12.3. The molecule has 4 nitrogen and oxygen atoms in total. The first-order chi connectivity index (χ1) is 13.8. The maximum Gasteiger partial charge on any atom is 0.408 e. The molecule has 1 atom stereocenters. The van der Waals surface area contributed by atoms with Crippen LogP contribution in [0.25, 0.3) is 11.1 Å². The first kappa shape index (κ1) is 17.8. The summed E-state index contributed by atoms with van der Waals surface area (Å²) < 4.78 is 5.51. The van der Waals surface area contributed by atoms with E-state index in [1.165, 1.54) is 11.1 Å². The van der Waals surface area contributed by atoms with Crippen LogP contribution in [-0.2, 0) is 11.2 Å². The molecular formula is C24H20N2O2. The lowest BCUT2D eigenvalue weighted by atomic mass is 9.98. The van der Waals surface area contributed by atoms with Crippen LogP contribution in [0.15, 0.2) is 78.9 Å². The Kier molecular flexibility index (Phi) is 5.07. The Morgan fingerprint density at radius 2 is 1.50 bits per heavy atom. The van der Waals surface area contributed by atoms with Gasteiger partial charge in [0.05, 0.1) is 6.07 Å². The molecule has 0 saturated heterocycles. The Labute approximate surface area is 164 Å². The molecule has 0 bridgehead atoms. The fraction of sp³-hybridized carbons (Fsp3) is 0.167. The monoisotopic (exact) mass is 368 g/mol. The Hall–Kier alpha value is -3.58. The minimum Gasteiger partial charge on any atom is -0.449 e. The van der Waals surface area contributed by atoms with Crippen LogP contribution in [0.1, 0.15) is 22.6 Å². The van der Waals surface area contributed by atoms with Crippen molar-refractivity contribution in [1.82, 2.24) is 5.32 Å². The fourth-order valence-electron chi connectivity index (χ4n) is 3.76. The number of alkyl carbamates (subject to hydrolysis) is 1. The van der Waals surface area contributed by atoms with Crippen molar-refractivity contribution in [1.29, 1.82) is 5.26 Å². The van der Waals surface area contributed by atoms with Gasteiger partial charge in [0.15, 0.2) is 0 Å². The van der Waals surface area contributed by atoms with Gasteiger partial charge in [-0.3, -0.25) is 0 Å². The normalized spacial score (nSPS) is 13.1. The molecule has 1 N–H and O–H groups in total. The topological polar surface area (TPSA) is 62.1 Å². The van der Waals surface area contributed by atoms with E-state index in [4.69, 9.17) is 4.74 Å². The molecule has 0 aliphatic heterocycles. The molecule has 0 saturated carbocycles. The predicted molar refractivity (Wildman–Crippen MR) is 108 cm³/mol. The zero-order chi connectivity index (χ0) is 19.3. The minimum absolute atomic E-state index is 0.00723. The molecule has 3 aromatic carbocycles. The predicted octanol–water partition coefficient (Wildman–Crippen LogP) is 4.66. The number of nitriles is 1. The van der Waals surface area contributed by atoms with Crippen molar-refractivity contribution in [2.24, 2.45) is 0 Å². The van der Waals surface area contributed by atoms with E-state index >= 15 is 0 Å². The number of nitrogens with zero attached hydrogens (tertiary/aromatic N) is 1. The van der Waals surface area contributed by atoms with Crippen LogP contribution < -0.4 is 5.32 Å². The lowest BCUT2D eigenvalue weighted by Gasteiger charge is -2.16. The fourth-order valence-corrected chi connectivity index (χ4v) is 3.76. The van der Waals surface area contributed by atoms with Gasteiger partial charge in [-0.25, -0.2) is 4.79 Å². The summed E-state index contributed by atoms with van der Waals surface area (Å²) in [5.74, 6) is 0.00723. The second kappa shape index (κ2) is 7.98. The third-order valence-corrected chi connectivity index (χ3v) is 5.07. The van der Waals surface area contributed by atoms with E-state index in [0.29, 0.717) is 6.42 Å². The van der Waals surface area contributed by atoms with Gasteiger partial charge in [0.1, 0.15) is 12.6 Å². The largest absolute Gasteiger partial charge is 0.449 e. The van der Waals surface area contributed by atoms with Gasteiger partial charge in [0.25, 0.3) is 0 Å². The van der Waals surface area contributed by atoms with Crippen molar-refractivity contribution in [3.63, 3.8) is 0 Å². The van der Waals surface area contributed by atoms with Gasteiger partial charge in [-0.15, -0.1) is 0 Å². The molecule has 1 aliphatic carbocycles. The number of carbonyl (C=O) groups is 1. The van der Waals surface area contributed by atoms with Crippen LogP contribution in [0.2, 0.25) is 0 Å². The smallest absolute Gasteiger partial charge is 0.408 e. The molecule has 0 heterocycles. The molecular weight excluding hydrogens is 348 g/mol. The molecule has 0 aromatic heterocycles. The van der Waals surface area contributed by atoms with Gasteiger partial charge in [0.2, 0.25) is 0 Å². The summed E-state index contributed by atoms with van der Waals surface area (Å²) in [6, 6.07) is 27.5. The molecule has 1 amide bonds. The standard InChI is InChI=1S/C24H20N2O2/c25-15-18(14-17-8-2-1-3-9-17)26-24(27)28-16-23-21-12-6-4-10-19(21)20-11-5-7-13-22(20)23/h1-13,18,23H,14,16H2,(H,26,27)/t18-/m0/s1.